The van der Waals surface area contributed by atoms with Crippen molar-refractivity contribution in [2.75, 3.05) is 18.8 Å². The predicted molar refractivity (Wildman–Crippen MR) is 71.4 cm³/mol. The first-order chi connectivity index (χ1) is 8.99. The van der Waals surface area contributed by atoms with Gasteiger partial charge >= 0.3 is 5.97 Å². The first-order valence-electron chi connectivity index (χ1n) is 6.23. The van der Waals surface area contributed by atoms with Crippen molar-refractivity contribution < 1.29 is 18.3 Å². The van der Waals surface area contributed by atoms with Crippen molar-refractivity contribution in [3.8, 4) is 0 Å². The third-order valence-corrected chi connectivity index (χ3v) is 5.19. The zero-order valence-corrected chi connectivity index (χ0v) is 11.3. The Hall–Kier alpha value is -1.40. The predicted octanol–water partition coefficient (Wildman–Crippen LogP) is 1.28. The average molecular weight is 283 g/mol. The third kappa shape index (κ3) is 3.54. The van der Waals surface area contributed by atoms with E-state index < -0.39 is 21.7 Å². The highest BCUT2D eigenvalue weighted by atomic mass is 32.2. The first-order valence-corrected chi connectivity index (χ1v) is 7.84. The number of benzene rings is 1. The van der Waals surface area contributed by atoms with Crippen molar-refractivity contribution in [1.82, 2.24) is 4.31 Å². The summed E-state index contributed by atoms with van der Waals surface area (Å²) in [4.78, 5) is 10.5. The molecule has 1 N–H and O–H groups in total. The lowest BCUT2D eigenvalue weighted by Gasteiger charge is -2.31. The van der Waals surface area contributed by atoms with Crippen LogP contribution in [0.4, 0.5) is 0 Å². The molecule has 1 saturated heterocycles. The van der Waals surface area contributed by atoms with Gasteiger partial charge in [0.15, 0.2) is 5.75 Å². The minimum absolute atomic E-state index is 0.359. The van der Waals surface area contributed by atoms with Crippen LogP contribution in [0.5, 0.6) is 0 Å². The molecule has 1 aliphatic rings. The number of carboxylic acids is 1. The van der Waals surface area contributed by atoms with Gasteiger partial charge in [-0.15, -0.1) is 0 Å². The van der Waals surface area contributed by atoms with Gasteiger partial charge in [-0.05, 0) is 24.3 Å². The molecule has 104 valence electrons. The summed E-state index contributed by atoms with van der Waals surface area (Å²) in [6, 6.07) is 10.00. The molecule has 1 aromatic rings. The summed E-state index contributed by atoms with van der Waals surface area (Å²) in [6.45, 7) is 0.796. The molecule has 0 aromatic heterocycles. The van der Waals surface area contributed by atoms with Gasteiger partial charge < -0.3 is 5.11 Å². The molecule has 0 unspecified atom stereocenters. The first kappa shape index (κ1) is 14.0. The highest BCUT2D eigenvalue weighted by Gasteiger charge is 2.30. The van der Waals surface area contributed by atoms with Crippen molar-refractivity contribution in [2.45, 2.75) is 18.8 Å². The van der Waals surface area contributed by atoms with Crippen molar-refractivity contribution >= 4 is 16.0 Å². The summed E-state index contributed by atoms with van der Waals surface area (Å²) in [5.41, 5.74) is 1.22. The molecule has 6 heteroatoms. The molecular formula is C13H17NO4S. The van der Waals surface area contributed by atoms with Crippen LogP contribution < -0.4 is 0 Å². The monoisotopic (exact) mass is 283 g/mol. The van der Waals surface area contributed by atoms with Gasteiger partial charge in [-0.1, -0.05) is 30.3 Å². The number of rotatable bonds is 4. The third-order valence-electron chi connectivity index (χ3n) is 3.42. The Morgan fingerprint density at radius 3 is 2.32 bits per heavy atom. The van der Waals surface area contributed by atoms with E-state index in [-0.39, 0.29) is 0 Å². The standard InChI is InChI=1S/C13H17NO4S/c15-13(16)10-19(17,18)14-8-6-12(7-9-14)11-4-2-1-3-5-11/h1-5,12H,6-10H2,(H,15,16). The maximum absolute atomic E-state index is 11.8. The zero-order chi connectivity index (χ0) is 13.9. The van der Waals surface area contributed by atoms with E-state index in [1.807, 2.05) is 30.3 Å². The largest absolute Gasteiger partial charge is 0.480 e. The van der Waals surface area contributed by atoms with Gasteiger partial charge in [0.05, 0.1) is 0 Å². The number of carboxylic acid groups (broad SMARTS) is 1. The van der Waals surface area contributed by atoms with Gasteiger partial charge in [0.25, 0.3) is 0 Å². The topological polar surface area (TPSA) is 74.7 Å². The van der Waals surface area contributed by atoms with Crippen LogP contribution in [0.25, 0.3) is 0 Å². The number of carbonyl (C=O) groups is 1. The van der Waals surface area contributed by atoms with E-state index in [4.69, 9.17) is 5.11 Å². The van der Waals surface area contributed by atoms with Crippen LogP contribution in [0.1, 0.15) is 24.3 Å². The van der Waals surface area contributed by atoms with Crippen molar-refractivity contribution in [3.05, 3.63) is 35.9 Å². The lowest BCUT2D eigenvalue weighted by atomic mass is 9.90. The number of nitrogens with zero attached hydrogens (tertiary/aromatic N) is 1. The van der Waals surface area contributed by atoms with Crippen LogP contribution >= 0.6 is 0 Å². The highest BCUT2D eigenvalue weighted by molar-refractivity contribution is 7.89. The lowest BCUT2D eigenvalue weighted by Crippen LogP contribution is -2.40. The highest BCUT2D eigenvalue weighted by Crippen LogP contribution is 2.28. The van der Waals surface area contributed by atoms with Crippen LogP contribution in [-0.4, -0.2) is 42.6 Å². The Morgan fingerprint density at radius 2 is 1.79 bits per heavy atom. The van der Waals surface area contributed by atoms with Crippen molar-refractivity contribution in [1.29, 1.82) is 0 Å². The Labute approximate surface area is 112 Å². The molecule has 19 heavy (non-hydrogen) atoms. The molecule has 0 atom stereocenters. The SMILES string of the molecule is O=C(O)CS(=O)(=O)N1CCC(c2ccccc2)CC1. The van der Waals surface area contributed by atoms with Crippen LogP contribution in [0.3, 0.4) is 0 Å². The summed E-state index contributed by atoms with van der Waals surface area (Å²) in [5, 5.41) is 8.60. The van der Waals surface area contributed by atoms with Gasteiger partial charge in [-0.25, -0.2) is 12.7 Å². The molecular weight excluding hydrogens is 266 g/mol. The maximum atomic E-state index is 11.8. The number of hydrogen-bond donors (Lipinski definition) is 1. The maximum Gasteiger partial charge on any atom is 0.320 e. The van der Waals surface area contributed by atoms with Gasteiger partial charge in [0.2, 0.25) is 10.0 Å². The molecule has 1 heterocycles. The Morgan fingerprint density at radius 1 is 1.21 bits per heavy atom. The van der Waals surface area contributed by atoms with Crippen molar-refractivity contribution in [2.24, 2.45) is 0 Å². The fraction of sp³-hybridized carbons (Fsp3) is 0.462. The minimum atomic E-state index is -3.65. The number of sulfonamides is 1. The Kier molecular flexibility index (Phi) is 4.21. The normalized spacial score (nSPS) is 18.3. The second-order valence-corrected chi connectivity index (χ2v) is 6.70. The van der Waals surface area contributed by atoms with E-state index in [1.165, 1.54) is 9.87 Å². The number of aliphatic carboxylic acids is 1. The molecule has 0 bridgehead atoms. The van der Waals surface area contributed by atoms with E-state index >= 15 is 0 Å². The summed E-state index contributed by atoms with van der Waals surface area (Å²) in [5.74, 6) is -1.76. The quantitative estimate of drug-likeness (QED) is 0.903. The van der Waals surface area contributed by atoms with E-state index in [2.05, 4.69) is 0 Å². The molecule has 0 spiro atoms. The van der Waals surface area contributed by atoms with Crippen LogP contribution in [0.2, 0.25) is 0 Å². The summed E-state index contributed by atoms with van der Waals surface area (Å²) >= 11 is 0. The van der Waals surface area contributed by atoms with Gasteiger partial charge in [-0.2, -0.15) is 0 Å². The summed E-state index contributed by atoms with van der Waals surface area (Å²) in [6.07, 6.45) is 1.48. The smallest absolute Gasteiger partial charge is 0.320 e. The molecule has 0 saturated carbocycles. The molecule has 1 aromatic carbocycles. The van der Waals surface area contributed by atoms with Crippen LogP contribution in [0, 0.1) is 0 Å². The van der Waals surface area contributed by atoms with Gasteiger partial charge in [-0.3, -0.25) is 4.79 Å². The molecule has 1 aliphatic heterocycles. The fourth-order valence-corrected chi connectivity index (χ4v) is 3.70. The summed E-state index contributed by atoms with van der Waals surface area (Å²) < 4.78 is 24.9. The Bertz CT molecular complexity index is 533. The van der Waals surface area contributed by atoms with E-state index in [1.54, 1.807) is 0 Å². The van der Waals surface area contributed by atoms with Gasteiger partial charge in [0, 0.05) is 13.1 Å². The number of hydrogen-bond acceptors (Lipinski definition) is 3. The van der Waals surface area contributed by atoms with Gasteiger partial charge in [0.1, 0.15) is 0 Å². The van der Waals surface area contributed by atoms with E-state index in [0.29, 0.717) is 19.0 Å². The summed E-state index contributed by atoms with van der Waals surface area (Å²) in [7, 11) is -3.65. The fourth-order valence-electron chi connectivity index (χ4n) is 2.44. The average Bonchev–Trinajstić information content (AvgIpc) is 2.38. The zero-order valence-electron chi connectivity index (χ0n) is 10.5. The molecule has 0 aliphatic carbocycles. The Balaban J connectivity index is 1.98. The lowest BCUT2D eigenvalue weighted by molar-refractivity contribution is -0.134. The minimum Gasteiger partial charge on any atom is -0.480 e. The molecule has 0 radical (unpaired) electrons. The van der Waals surface area contributed by atoms with Crippen molar-refractivity contribution in [3.63, 3.8) is 0 Å². The molecule has 1 fully saturated rings. The molecule has 5 nitrogen and oxygen atoms in total. The second-order valence-electron chi connectivity index (χ2n) is 4.73. The number of piperidine rings is 1. The second kappa shape index (κ2) is 5.71. The van der Waals surface area contributed by atoms with Crippen LogP contribution in [-0.2, 0) is 14.8 Å². The van der Waals surface area contributed by atoms with E-state index in [0.717, 1.165) is 12.8 Å². The molecule has 2 rings (SSSR count). The van der Waals surface area contributed by atoms with E-state index in [9.17, 15) is 13.2 Å². The van der Waals surface area contributed by atoms with Crippen LogP contribution in [0.15, 0.2) is 30.3 Å². The molecule has 0 amide bonds.